The molecular formula is C12H19NO. The second-order valence-electron chi connectivity index (χ2n) is 4.35. The Morgan fingerprint density at radius 3 is 2.14 bits per heavy atom. The molecule has 0 unspecified atom stereocenters. The van der Waals surface area contributed by atoms with Crippen molar-refractivity contribution < 1.29 is 4.74 Å². The van der Waals surface area contributed by atoms with E-state index < -0.39 is 0 Å². The Bertz CT molecular complexity index is 271. The molecule has 0 spiro atoms. The Hall–Kier alpha value is -1.02. The van der Waals surface area contributed by atoms with Gasteiger partial charge in [-0.05, 0) is 38.5 Å². The predicted molar refractivity (Wildman–Crippen MR) is 60.5 cm³/mol. The summed E-state index contributed by atoms with van der Waals surface area (Å²) in [5.41, 5.74) is 2.27. The molecule has 1 aromatic rings. The van der Waals surface area contributed by atoms with Crippen molar-refractivity contribution >= 4 is 5.69 Å². The average Bonchev–Trinajstić information content (AvgIpc) is 2.14. The highest BCUT2D eigenvalue weighted by atomic mass is 16.5. The maximum atomic E-state index is 5.67. The van der Waals surface area contributed by atoms with Gasteiger partial charge in [0, 0.05) is 12.7 Å². The van der Waals surface area contributed by atoms with Crippen molar-refractivity contribution in [1.29, 1.82) is 0 Å². The van der Waals surface area contributed by atoms with Gasteiger partial charge in [-0.3, -0.25) is 0 Å². The van der Waals surface area contributed by atoms with Gasteiger partial charge in [0.15, 0.2) is 0 Å². The molecule has 14 heavy (non-hydrogen) atoms. The zero-order valence-electron chi connectivity index (χ0n) is 9.42. The minimum atomic E-state index is -0.0678. The quantitative estimate of drug-likeness (QED) is 0.796. The smallest absolute Gasteiger partial charge is 0.0724 e. The molecule has 0 bridgehead atoms. The topological polar surface area (TPSA) is 21.3 Å². The Morgan fingerprint density at radius 2 is 1.71 bits per heavy atom. The SMILES string of the molecule is CNc1ccc(COC(C)(C)C)cc1. The first-order valence-corrected chi connectivity index (χ1v) is 4.92. The molecule has 0 atom stereocenters. The van der Waals surface area contributed by atoms with Crippen molar-refractivity contribution in [2.24, 2.45) is 0 Å². The van der Waals surface area contributed by atoms with Gasteiger partial charge >= 0.3 is 0 Å². The monoisotopic (exact) mass is 193 g/mol. The van der Waals surface area contributed by atoms with Crippen LogP contribution < -0.4 is 5.32 Å². The molecular weight excluding hydrogens is 174 g/mol. The van der Waals surface area contributed by atoms with Crippen LogP contribution in [0.15, 0.2) is 24.3 Å². The molecule has 1 N–H and O–H groups in total. The van der Waals surface area contributed by atoms with Crippen molar-refractivity contribution in [2.45, 2.75) is 33.0 Å². The van der Waals surface area contributed by atoms with Crippen LogP contribution in [0.3, 0.4) is 0 Å². The van der Waals surface area contributed by atoms with E-state index in [1.807, 2.05) is 7.05 Å². The normalized spacial score (nSPS) is 11.4. The number of rotatable bonds is 3. The maximum absolute atomic E-state index is 5.67. The molecule has 2 nitrogen and oxygen atoms in total. The van der Waals surface area contributed by atoms with Crippen LogP contribution in [0.2, 0.25) is 0 Å². The van der Waals surface area contributed by atoms with E-state index in [2.05, 4.69) is 50.4 Å². The second kappa shape index (κ2) is 4.47. The van der Waals surface area contributed by atoms with Gasteiger partial charge in [0.25, 0.3) is 0 Å². The van der Waals surface area contributed by atoms with Crippen LogP contribution in [0.1, 0.15) is 26.3 Å². The van der Waals surface area contributed by atoms with Gasteiger partial charge in [0.1, 0.15) is 0 Å². The molecule has 2 heteroatoms. The van der Waals surface area contributed by atoms with Crippen molar-refractivity contribution in [3.05, 3.63) is 29.8 Å². The molecule has 0 heterocycles. The van der Waals surface area contributed by atoms with Crippen molar-refractivity contribution in [2.75, 3.05) is 12.4 Å². The summed E-state index contributed by atoms with van der Waals surface area (Å²) < 4.78 is 5.67. The summed E-state index contributed by atoms with van der Waals surface area (Å²) >= 11 is 0. The fraction of sp³-hybridized carbons (Fsp3) is 0.500. The van der Waals surface area contributed by atoms with E-state index >= 15 is 0 Å². The summed E-state index contributed by atoms with van der Waals surface area (Å²) in [6.45, 7) is 6.87. The number of anilines is 1. The van der Waals surface area contributed by atoms with Crippen LogP contribution in [-0.2, 0) is 11.3 Å². The highest BCUT2D eigenvalue weighted by Crippen LogP contribution is 2.13. The van der Waals surface area contributed by atoms with E-state index in [1.54, 1.807) is 0 Å². The molecule has 0 saturated carbocycles. The zero-order valence-corrected chi connectivity index (χ0v) is 9.42. The Morgan fingerprint density at radius 1 is 1.14 bits per heavy atom. The van der Waals surface area contributed by atoms with E-state index in [-0.39, 0.29) is 5.60 Å². The molecule has 1 rings (SSSR count). The largest absolute Gasteiger partial charge is 0.388 e. The minimum Gasteiger partial charge on any atom is -0.388 e. The number of benzene rings is 1. The third-order valence-electron chi connectivity index (χ3n) is 1.91. The summed E-state index contributed by atoms with van der Waals surface area (Å²) in [7, 11) is 1.92. The lowest BCUT2D eigenvalue weighted by atomic mass is 10.1. The van der Waals surface area contributed by atoms with Crippen molar-refractivity contribution in [3.8, 4) is 0 Å². The highest BCUT2D eigenvalue weighted by Gasteiger charge is 2.09. The van der Waals surface area contributed by atoms with E-state index in [9.17, 15) is 0 Å². The molecule has 0 saturated heterocycles. The summed E-state index contributed by atoms with van der Waals surface area (Å²) in [5, 5.41) is 3.09. The minimum absolute atomic E-state index is 0.0678. The standard InChI is InChI=1S/C12H19NO/c1-12(2,3)14-9-10-5-7-11(13-4)8-6-10/h5-8,13H,9H2,1-4H3. The first kappa shape index (κ1) is 11.1. The first-order chi connectivity index (χ1) is 6.51. The summed E-state index contributed by atoms with van der Waals surface area (Å²) in [6, 6.07) is 8.28. The zero-order chi connectivity index (χ0) is 10.6. The molecule has 1 aromatic carbocycles. The van der Waals surface area contributed by atoms with Gasteiger partial charge in [-0.2, -0.15) is 0 Å². The van der Waals surface area contributed by atoms with Crippen molar-refractivity contribution in [1.82, 2.24) is 0 Å². The molecule has 0 aliphatic heterocycles. The van der Waals surface area contributed by atoms with E-state index in [0.717, 1.165) is 5.69 Å². The summed E-state index contributed by atoms with van der Waals surface area (Å²) in [5.74, 6) is 0. The fourth-order valence-electron chi connectivity index (χ4n) is 1.07. The van der Waals surface area contributed by atoms with Crippen LogP contribution >= 0.6 is 0 Å². The molecule has 0 aromatic heterocycles. The maximum Gasteiger partial charge on any atom is 0.0724 e. The number of hydrogen-bond donors (Lipinski definition) is 1. The van der Waals surface area contributed by atoms with Gasteiger partial charge in [0.2, 0.25) is 0 Å². The van der Waals surface area contributed by atoms with Crippen LogP contribution in [0.25, 0.3) is 0 Å². The fourth-order valence-corrected chi connectivity index (χ4v) is 1.07. The first-order valence-electron chi connectivity index (χ1n) is 4.92. The lowest BCUT2D eigenvalue weighted by Crippen LogP contribution is -2.18. The van der Waals surface area contributed by atoms with E-state index in [4.69, 9.17) is 4.74 Å². The van der Waals surface area contributed by atoms with E-state index in [0.29, 0.717) is 6.61 Å². The molecule has 0 fully saturated rings. The number of ether oxygens (including phenoxy) is 1. The molecule has 78 valence electrons. The van der Waals surface area contributed by atoms with Gasteiger partial charge in [-0.25, -0.2) is 0 Å². The van der Waals surface area contributed by atoms with Crippen LogP contribution in [0.4, 0.5) is 5.69 Å². The summed E-state index contributed by atoms with van der Waals surface area (Å²) in [6.07, 6.45) is 0. The summed E-state index contributed by atoms with van der Waals surface area (Å²) in [4.78, 5) is 0. The molecule has 0 aliphatic rings. The lowest BCUT2D eigenvalue weighted by molar-refractivity contribution is -0.0149. The third-order valence-corrected chi connectivity index (χ3v) is 1.91. The molecule has 0 amide bonds. The van der Waals surface area contributed by atoms with E-state index in [1.165, 1.54) is 5.56 Å². The Balaban J connectivity index is 2.52. The number of nitrogens with one attached hydrogen (secondary N) is 1. The predicted octanol–water partition coefficient (Wildman–Crippen LogP) is 3.04. The average molecular weight is 193 g/mol. The van der Waals surface area contributed by atoms with Crippen LogP contribution in [0, 0.1) is 0 Å². The number of hydrogen-bond acceptors (Lipinski definition) is 2. The Kier molecular flexibility index (Phi) is 3.53. The van der Waals surface area contributed by atoms with Gasteiger partial charge in [-0.1, -0.05) is 12.1 Å². The van der Waals surface area contributed by atoms with Crippen molar-refractivity contribution in [3.63, 3.8) is 0 Å². The van der Waals surface area contributed by atoms with Crippen LogP contribution in [0.5, 0.6) is 0 Å². The van der Waals surface area contributed by atoms with Gasteiger partial charge in [-0.15, -0.1) is 0 Å². The highest BCUT2D eigenvalue weighted by molar-refractivity contribution is 5.43. The molecule has 0 radical (unpaired) electrons. The third kappa shape index (κ3) is 3.79. The molecule has 0 aliphatic carbocycles. The van der Waals surface area contributed by atoms with Gasteiger partial charge in [0.05, 0.1) is 12.2 Å². The van der Waals surface area contributed by atoms with Gasteiger partial charge < -0.3 is 10.1 Å². The lowest BCUT2D eigenvalue weighted by Gasteiger charge is -2.19. The second-order valence-corrected chi connectivity index (χ2v) is 4.35. The Labute approximate surface area is 86.3 Å². The van der Waals surface area contributed by atoms with Crippen LogP contribution in [-0.4, -0.2) is 12.6 Å².